The van der Waals surface area contributed by atoms with E-state index in [4.69, 9.17) is 9.15 Å². The number of anilines is 1. The molecule has 0 aliphatic rings. The van der Waals surface area contributed by atoms with Gasteiger partial charge in [-0.25, -0.2) is 0 Å². The summed E-state index contributed by atoms with van der Waals surface area (Å²) in [5.74, 6) is 2.77. The average molecular weight is 395 g/mol. The fourth-order valence-corrected chi connectivity index (χ4v) is 3.65. The molecule has 7 heteroatoms. The van der Waals surface area contributed by atoms with Crippen molar-refractivity contribution in [2.75, 3.05) is 18.2 Å². The van der Waals surface area contributed by atoms with E-state index < -0.39 is 0 Å². The fraction of sp³-hybridized carbons (Fsp3) is 0.238. The lowest BCUT2D eigenvalue weighted by Crippen LogP contribution is -2.17. The predicted octanol–water partition coefficient (Wildman–Crippen LogP) is 4.44. The predicted molar refractivity (Wildman–Crippen MR) is 110 cm³/mol. The van der Waals surface area contributed by atoms with Crippen LogP contribution in [-0.4, -0.2) is 23.3 Å². The van der Waals surface area contributed by atoms with Gasteiger partial charge >= 0.3 is 0 Å². The maximum Gasteiger partial charge on any atom is 0.235 e. The summed E-state index contributed by atoms with van der Waals surface area (Å²) in [6, 6.07) is 13.4. The van der Waals surface area contributed by atoms with E-state index in [1.54, 1.807) is 13.4 Å². The number of rotatable bonds is 7. The Morgan fingerprint density at radius 2 is 2.04 bits per heavy atom. The molecule has 0 saturated carbocycles. The fourth-order valence-electron chi connectivity index (χ4n) is 2.92. The van der Waals surface area contributed by atoms with E-state index in [1.165, 1.54) is 11.8 Å². The molecule has 0 unspecified atom stereocenters. The molecule has 1 N–H and O–H groups in total. The van der Waals surface area contributed by atoms with Gasteiger partial charge in [-0.1, -0.05) is 0 Å². The van der Waals surface area contributed by atoms with Gasteiger partial charge < -0.3 is 14.5 Å². The van der Waals surface area contributed by atoms with Crippen molar-refractivity contribution in [1.29, 1.82) is 5.26 Å². The summed E-state index contributed by atoms with van der Waals surface area (Å²) < 4.78 is 12.4. The van der Waals surface area contributed by atoms with Crippen molar-refractivity contribution in [3.63, 3.8) is 0 Å². The zero-order valence-electron chi connectivity index (χ0n) is 16.0. The van der Waals surface area contributed by atoms with Gasteiger partial charge in [-0.05, 0) is 55.8 Å². The van der Waals surface area contributed by atoms with Gasteiger partial charge in [0.15, 0.2) is 0 Å². The summed E-state index contributed by atoms with van der Waals surface area (Å²) in [5, 5.41) is 12.5. The van der Waals surface area contributed by atoms with Gasteiger partial charge in [-0.2, -0.15) is 5.26 Å². The van der Waals surface area contributed by atoms with Crippen LogP contribution in [0.1, 0.15) is 22.6 Å². The van der Waals surface area contributed by atoms with Crippen LogP contribution in [0.4, 0.5) is 5.82 Å². The first-order valence-corrected chi connectivity index (χ1v) is 9.87. The lowest BCUT2D eigenvalue weighted by molar-refractivity contribution is -0.113. The van der Waals surface area contributed by atoms with Crippen molar-refractivity contribution in [1.82, 2.24) is 4.57 Å². The molecule has 144 valence electrons. The molecule has 3 aromatic rings. The number of aromatic nitrogens is 1. The average Bonchev–Trinajstić information content (AvgIpc) is 3.29. The minimum absolute atomic E-state index is 0.166. The van der Waals surface area contributed by atoms with E-state index in [2.05, 4.69) is 11.4 Å². The molecule has 0 aliphatic carbocycles. The van der Waals surface area contributed by atoms with Crippen molar-refractivity contribution in [3.8, 4) is 17.5 Å². The number of carbonyl (C=O) groups excluding carboxylic acids is 1. The van der Waals surface area contributed by atoms with Crippen LogP contribution >= 0.6 is 11.8 Å². The van der Waals surface area contributed by atoms with E-state index in [0.29, 0.717) is 17.1 Å². The van der Waals surface area contributed by atoms with Crippen molar-refractivity contribution >= 4 is 23.5 Å². The molecule has 0 fully saturated rings. The van der Waals surface area contributed by atoms with Crippen LogP contribution in [0.3, 0.4) is 0 Å². The first-order chi connectivity index (χ1) is 13.5. The quantitative estimate of drug-likeness (QED) is 0.640. The third kappa shape index (κ3) is 4.07. The van der Waals surface area contributed by atoms with E-state index in [9.17, 15) is 10.1 Å². The number of carbonyl (C=O) groups is 1. The molecule has 1 aromatic carbocycles. The molecule has 0 atom stereocenters. The molecule has 0 saturated heterocycles. The molecule has 0 bridgehead atoms. The number of methoxy groups -OCH3 is 1. The Kier molecular flexibility index (Phi) is 6.12. The molecular formula is C21H21N3O3S. The van der Waals surface area contributed by atoms with Gasteiger partial charge in [0, 0.05) is 11.4 Å². The molecule has 0 aliphatic heterocycles. The maximum absolute atomic E-state index is 12.5. The second kappa shape index (κ2) is 8.72. The summed E-state index contributed by atoms with van der Waals surface area (Å²) in [6.45, 7) is 3.82. The molecule has 3 rings (SSSR count). The molecule has 6 nitrogen and oxygen atoms in total. The number of ether oxygens (including phenoxy) is 1. The normalized spacial score (nSPS) is 10.5. The zero-order valence-corrected chi connectivity index (χ0v) is 16.8. The zero-order chi connectivity index (χ0) is 20.1. The Labute approximate surface area is 168 Å². The number of benzene rings is 1. The van der Waals surface area contributed by atoms with Crippen molar-refractivity contribution in [2.24, 2.45) is 0 Å². The van der Waals surface area contributed by atoms with E-state index >= 15 is 0 Å². The van der Waals surface area contributed by atoms with E-state index in [0.717, 1.165) is 28.5 Å². The van der Waals surface area contributed by atoms with Crippen LogP contribution in [0.15, 0.2) is 47.1 Å². The van der Waals surface area contributed by atoms with Crippen LogP contribution in [0.5, 0.6) is 5.75 Å². The summed E-state index contributed by atoms with van der Waals surface area (Å²) in [7, 11) is 1.61. The first-order valence-electron chi connectivity index (χ1n) is 8.71. The molecule has 1 amide bonds. The summed E-state index contributed by atoms with van der Waals surface area (Å²) >= 11 is 1.45. The minimum Gasteiger partial charge on any atom is -0.497 e. The summed E-state index contributed by atoms with van der Waals surface area (Å²) in [6.07, 6.45) is 1.61. The van der Waals surface area contributed by atoms with Gasteiger partial charge in [-0.15, -0.1) is 11.8 Å². The topological polar surface area (TPSA) is 80.2 Å². The first kappa shape index (κ1) is 19.6. The van der Waals surface area contributed by atoms with Crippen molar-refractivity contribution in [3.05, 3.63) is 65.2 Å². The highest BCUT2D eigenvalue weighted by molar-refractivity contribution is 7.99. The Hall–Kier alpha value is -3.11. The summed E-state index contributed by atoms with van der Waals surface area (Å²) in [5.41, 5.74) is 3.07. The largest absolute Gasteiger partial charge is 0.497 e. The second-order valence-corrected chi connectivity index (χ2v) is 7.19. The molecule has 0 radical (unpaired) electrons. The number of nitriles is 1. The van der Waals surface area contributed by atoms with E-state index in [1.807, 2.05) is 54.8 Å². The molecule has 2 aromatic heterocycles. The molecule has 0 spiro atoms. The van der Waals surface area contributed by atoms with Gasteiger partial charge in [0.05, 0.1) is 30.4 Å². The highest BCUT2D eigenvalue weighted by Gasteiger charge is 2.20. The molecular weight excluding hydrogens is 374 g/mol. The van der Waals surface area contributed by atoms with Crippen molar-refractivity contribution < 1.29 is 13.9 Å². The smallest absolute Gasteiger partial charge is 0.235 e. The van der Waals surface area contributed by atoms with Crippen molar-refractivity contribution in [2.45, 2.75) is 19.6 Å². The molecule has 28 heavy (non-hydrogen) atoms. The second-order valence-electron chi connectivity index (χ2n) is 6.20. The van der Waals surface area contributed by atoms with E-state index in [-0.39, 0.29) is 11.7 Å². The highest BCUT2D eigenvalue weighted by atomic mass is 32.2. The lowest BCUT2D eigenvalue weighted by Gasteiger charge is -2.13. The number of hydrogen-bond donors (Lipinski definition) is 1. The summed E-state index contributed by atoms with van der Waals surface area (Å²) in [4.78, 5) is 12.5. The maximum atomic E-state index is 12.5. The van der Waals surface area contributed by atoms with Crippen LogP contribution < -0.4 is 10.1 Å². The van der Waals surface area contributed by atoms with Gasteiger partial charge in [0.1, 0.15) is 23.4 Å². The Bertz CT molecular complexity index is 999. The number of furan rings is 1. The van der Waals surface area contributed by atoms with Gasteiger partial charge in [-0.3, -0.25) is 9.36 Å². The Morgan fingerprint density at radius 1 is 1.29 bits per heavy atom. The number of thioether (sulfide) groups is 1. The van der Waals surface area contributed by atoms with Gasteiger partial charge in [0.2, 0.25) is 5.91 Å². The minimum atomic E-state index is -0.166. The van der Waals surface area contributed by atoms with Crippen LogP contribution in [0.2, 0.25) is 0 Å². The highest BCUT2D eigenvalue weighted by Crippen LogP contribution is 2.31. The Balaban J connectivity index is 1.83. The number of nitrogens with zero attached hydrogens (tertiary/aromatic N) is 2. The van der Waals surface area contributed by atoms with Crippen LogP contribution in [0, 0.1) is 25.2 Å². The molecule has 2 heterocycles. The third-order valence-electron chi connectivity index (χ3n) is 4.47. The van der Waals surface area contributed by atoms with Crippen LogP contribution in [-0.2, 0) is 10.5 Å². The standard InChI is InChI=1S/C21H21N3O3S/c1-14-15(2)24(16-6-8-17(26-3)9-7-16)21(19(14)11-22)23-20(25)13-28-12-18-5-4-10-27-18/h4-10H,12-13H2,1-3H3,(H,23,25). The Morgan fingerprint density at radius 3 is 2.64 bits per heavy atom. The number of amides is 1. The number of hydrogen-bond acceptors (Lipinski definition) is 5. The van der Waals surface area contributed by atoms with Crippen LogP contribution in [0.25, 0.3) is 5.69 Å². The lowest BCUT2D eigenvalue weighted by atomic mass is 10.2. The number of nitrogens with one attached hydrogen (secondary N) is 1. The third-order valence-corrected chi connectivity index (χ3v) is 5.43. The SMILES string of the molecule is COc1ccc(-n2c(C)c(C)c(C#N)c2NC(=O)CSCc2ccco2)cc1. The van der Waals surface area contributed by atoms with Gasteiger partial charge in [0.25, 0.3) is 0 Å². The monoisotopic (exact) mass is 395 g/mol.